The predicted molar refractivity (Wildman–Crippen MR) is 69.4 cm³/mol. The first kappa shape index (κ1) is 14.2. The summed E-state index contributed by atoms with van der Waals surface area (Å²) in [4.78, 5) is 4.24. The second-order valence-electron chi connectivity index (χ2n) is 4.75. The highest BCUT2D eigenvalue weighted by atomic mass is 35.5. The number of hydrogen-bond acceptors (Lipinski definition) is 1. The molecule has 1 heterocycles. The van der Waals surface area contributed by atoms with E-state index in [1.54, 1.807) is 6.92 Å². The van der Waals surface area contributed by atoms with E-state index in [2.05, 4.69) is 4.98 Å². The van der Waals surface area contributed by atoms with Crippen molar-refractivity contribution in [3.05, 3.63) is 29.6 Å². The van der Waals surface area contributed by atoms with Gasteiger partial charge in [0.15, 0.2) is 0 Å². The molecule has 19 heavy (non-hydrogen) atoms. The molecule has 104 valence electrons. The zero-order chi connectivity index (χ0) is 14.4. The molecular formula is C13H14ClF3N2. The average Bonchev–Trinajstić information content (AvgIpc) is 2.65. The Labute approximate surface area is 114 Å². The van der Waals surface area contributed by atoms with Gasteiger partial charge in [-0.05, 0) is 39.0 Å². The number of rotatable bonds is 2. The van der Waals surface area contributed by atoms with E-state index in [9.17, 15) is 13.2 Å². The second kappa shape index (κ2) is 4.71. The highest BCUT2D eigenvalue weighted by Crippen LogP contribution is 2.33. The average molecular weight is 291 g/mol. The van der Waals surface area contributed by atoms with Gasteiger partial charge in [-0.25, -0.2) is 4.98 Å². The maximum atomic E-state index is 12.7. The predicted octanol–water partition coefficient (Wildman–Crippen LogP) is 4.94. The van der Waals surface area contributed by atoms with Crippen LogP contribution < -0.4 is 0 Å². The van der Waals surface area contributed by atoms with E-state index in [0.717, 1.165) is 12.1 Å². The summed E-state index contributed by atoms with van der Waals surface area (Å²) in [6, 6.07) is 3.68. The van der Waals surface area contributed by atoms with Crippen molar-refractivity contribution in [3.63, 3.8) is 0 Å². The summed E-state index contributed by atoms with van der Waals surface area (Å²) < 4.78 is 39.9. The Bertz CT molecular complexity index is 600. The minimum atomic E-state index is -4.36. The van der Waals surface area contributed by atoms with Gasteiger partial charge in [-0.2, -0.15) is 13.2 Å². The van der Waals surface area contributed by atoms with Crippen LogP contribution in [0.1, 0.15) is 43.6 Å². The third-order valence-corrected chi connectivity index (χ3v) is 3.11. The molecule has 1 atom stereocenters. The lowest BCUT2D eigenvalue weighted by Crippen LogP contribution is -2.07. The SMILES string of the molecule is CC(Cl)c1nc2cc(C(F)(F)F)ccc2n1C(C)C. The number of nitrogens with zero attached hydrogens (tertiary/aromatic N) is 2. The van der Waals surface area contributed by atoms with Crippen molar-refractivity contribution in [2.45, 2.75) is 38.4 Å². The van der Waals surface area contributed by atoms with Gasteiger partial charge in [0.1, 0.15) is 5.82 Å². The van der Waals surface area contributed by atoms with Crippen molar-refractivity contribution in [3.8, 4) is 0 Å². The first-order valence-corrected chi connectivity index (χ1v) is 6.38. The maximum Gasteiger partial charge on any atom is 0.416 e. The molecule has 0 amide bonds. The van der Waals surface area contributed by atoms with Crippen LogP contribution in [0, 0.1) is 0 Å². The van der Waals surface area contributed by atoms with Crippen LogP contribution in [-0.2, 0) is 6.18 Å². The van der Waals surface area contributed by atoms with Crippen molar-refractivity contribution in [2.75, 3.05) is 0 Å². The van der Waals surface area contributed by atoms with E-state index in [1.807, 2.05) is 18.4 Å². The van der Waals surface area contributed by atoms with Crippen LogP contribution in [0.25, 0.3) is 11.0 Å². The quantitative estimate of drug-likeness (QED) is 0.717. The summed E-state index contributed by atoms with van der Waals surface area (Å²) in [6.07, 6.45) is -4.36. The zero-order valence-corrected chi connectivity index (χ0v) is 11.5. The molecule has 0 aliphatic rings. The summed E-state index contributed by atoms with van der Waals surface area (Å²) in [5.41, 5.74) is 0.304. The number of hydrogen-bond donors (Lipinski definition) is 0. The Kier molecular flexibility index (Phi) is 3.51. The normalized spacial score (nSPS) is 14.3. The largest absolute Gasteiger partial charge is 0.416 e. The maximum absolute atomic E-state index is 12.7. The van der Waals surface area contributed by atoms with Gasteiger partial charge in [0.05, 0.1) is 22.0 Å². The lowest BCUT2D eigenvalue weighted by Gasteiger charge is -2.14. The number of halogens is 4. The number of imidazole rings is 1. The molecule has 0 bridgehead atoms. The number of benzene rings is 1. The molecule has 0 radical (unpaired) electrons. The van der Waals surface area contributed by atoms with Crippen LogP contribution >= 0.6 is 11.6 Å². The molecule has 0 N–H and O–H groups in total. The van der Waals surface area contributed by atoms with Gasteiger partial charge in [-0.3, -0.25) is 0 Å². The number of alkyl halides is 4. The van der Waals surface area contributed by atoms with Crippen molar-refractivity contribution < 1.29 is 13.2 Å². The fourth-order valence-corrected chi connectivity index (χ4v) is 2.27. The van der Waals surface area contributed by atoms with Crippen molar-refractivity contribution in [1.82, 2.24) is 9.55 Å². The molecule has 0 saturated heterocycles. The van der Waals surface area contributed by atoms with Crippen LogP contribution in [-0.4, -0.2) is 9.55 Å². The van der Waals surface area contributed by atoms with E-state index in [0.29, 0.717) is 16.9 Å². The first-order valence-electron chi connectivity index (χ1n) is 5.95. The monoisotopic (exact) mass is 290 g/mol. The van der Waals surface area contributed by atoms with Crippen LogP contribution in [0.5, 0.6) is 0 Å². The minimum Gasteiger partial charge on any atom is -0.324 e. The molecule has 0 aliphatic heterocycles. The topological polar surface area (TPSA) is 17.8 Å². The summed E-state index contributed by atoms with van der Waals surface area (Å²) in [7, 11) is 0. The Hall–Kier alpha value is -1.23. The van der Waals surface area contributed by atoms with Gasteiger partial charge in [0.2, 0.25) is 0 Å². The lowest BCUT2D eigenvalue weighted by atomic mass is 10.2. The fraction of sp³-hybridized carbons (Fsp3) is 0.462. The minimum absolute atomic E-state index is 0.0814. The third kappa shape index (κ3) is 2.56. The molecule has 2 aromatic rings. The molecular weight excluding hydrogens is 277 g/mol. The van der Waals surface area contributed by atoms with Gasteiger partial charge in [0.25, 0.3) is 0 Å². The zero-order valence-electron chi connectivity index (χ0n) is 10.8. The smallest absolute Gasteiger partial charge is 0.324 e. The van der Waals surface area contributed by atoms with Crippen LogP contribution in [0.15, 0.2) is 18.2 Å². The molecule has 1 unspecified atom stereocenters. The molecule has 1 aromatic heterocycles. The standard InChI is InChI=1S/C13H14ClF3N2/c1-7(2)19-11-5-4-9(13(15,16)17)6-10(11)18-12(19)8(3)14/h4-8H,1-3H3. The molecule has 2 nitrogen and oxygen atoms in total. The number of aromatic nitrogens is 2. The van der Waals surface area contributed by atoms with Crippen LogP contribution in [0.4, 0.5) is 13.2 Å². The summed E-state index contributed by atoms with van der Waals surface area (Å²) >= 11 is 6.05. The lowest BCUT2D eigenvalue weighted by molar-refractivity contribution is -0.137. The van der Waals surface area contributed by atoms with E-state index < -0.39 is 11.7 Å². The van der Waals surface area contributed by atoms with Crippen molar-refractivity contribution >= 4 is 22.6 Å². The third-order valence-electron chi connectivity index (χ3n) is 2.92. The van der Waals surface area contributed by atoms with Crippen molar-refractivity contribution in [1.29, 1.82) is 0 Å². The Morgan fingerprint density at radius 1 is 1.21 bits per heavy atom. The summed E-state index contributed by atoms with van der Waals surface area (Å²) in [5.74, 6) is 0.589. The van der Waals surface area contributed by atoms with E-state index in [4.69, 9.17) is 11.6 Å². The molecule has 1 aromatic carbocycles. The van der Waals surface area contributed by atoms with E-state index >= 15 is 0 Å². The van der Waals surface area contributed by atoms with E-state index in [-0.39, 0.29) is 11.4 Å². The Balaban J connectivity index is 2.70. The Morgan fingerprint density at radius 2 is 1.84 bits per heavy atom. The highest BCUT2D eigenvalue weighted by Gasteiger charge is 2.31. The first-order chi connectivity index (χ1) is 8.71. The highest BCUT2D eigenvalue weighted by molar-refractivity contribution is 6.20. The van der Waals surface area contributed by atoms with E-state index in [1.165, 1.54) is 6.07 Å². The Morgan fingerprint density at radius 3 is 2.32 bits per heavy atom. The molecule has 2 rings (SSSR count). The molecule has 0 fully saturated rings. The molecule has 0 saturated carbocycles. The van der Waals surface area contributed by atoms with Crippen LogP contribution in [0.2, 0.25) is 0 Å². The molecule has 6 heteroatoms. The molecule has 0 spiro atoms. The second-order valence-corrected chi connectivity index (χ2v) is 5.41. The molecule has 0 aliphatic carbocycles. The van der Waals surface area contributed by atoms with Crippen LogP contribution in [0.3, 0.4) is 0 Å². The van der Waals surface area contributed by atoms with Gasteiger partial charge >= 0.3 is 6.18 Å². The van der Waals surface area contributed by atoms with Gasteiger partial charge in [-0.15, -0.1) is 11.6 Å². The van der Waals surface area contributed by atoms with Gasteiger partial charge in [0, 0.05) is 6.04 Å². The van der Waals surface area contributed by atoms with Gasteiger partial charge < -0.3 is 4.57 Å². The fourth-order valence-electron chi connectivity index (χ4n) is 2.12. The summed E-state index contributed by atoms with van der Waals surface area (Å²) in [5, 5.41) is -0.357. The van der Waals surface area contributed by atoms with Crippen molar-refractivity contribution in [2.24, 2.45) is 0 Å². The van der Waals surface area contributed by atoms with Gasteiger partial charge in [-0.1, -0.05) is 0 Å². The number of fused-ring (bicyclic) bond motifs is 1. The summed E-state index contributed by atoms with van der Waals surface area (Å²) in [6.45, 7) is 5.65.